The first-order chi connectivity index (χ1) is 14.7. The number of carbonyl (C=O) groups excluding carboxylic acids is 2. The van der Waals surface area contributed by atoms with Crippen molar-refractivity contribution in [1.29, 1.82) is 0 Å². The van der Waals surface area contributed by atoms with Crippen LogP contribution in [0.2, 0.25) is 10.0 Å². The smallest absolute Gasteiger partial charge is 0.258 e. The van der Waals surface area contributed by atoms with Gasteiger partial charge >= 0.3 is 0 Å². The van der Waals surface area contributed by atoms with E-state index in [0.29, 0.717) is 41.1 Å². The molecule has 1 aromatic carbocycles. The fourth-order valence-electron chi connectivity index (χ4n) is 4.81. The van der Waals surface area contributed by atoms with Gasteiger partial charge in [0.05, 0.1) is 26.9 Å². The highest BCUT2D eigenvalue weighted by Crippen LogP contribution is 2.47. The lowest BCUT2D eigenvalue weighted by Crippen LogP contribution is -2.70. The Bertz CT molecular complexity index is 863. The van der Waals surface area contributed by atoms with Crippen molar-refractivity contribution < 1.29 is 19.4 Å². The summed E-state index contributed by atoms with van der Waals surface area (Å²) >= 11 is 13.3. The van der Waals surface area contributed by atoms with Crippen molar-refractivity contribution in [2.45, 2.75) is 73.9 Å². The second kappa shape index (κ2) is 8.98. The Morgan fingerprint density at radius 1 is 1.23 bits per heavy atom. The molecule has 0 aromatic heterocycles. The fourth-order valence-corrected chi connectivity index (χ4v) is 6.14. The Kier molecular flexibility index (Phi) is 6.66. The molecule has 4 aliphatic rings. The van der Waals surface area contributed by atoms with Gasteiger partial charge in [0.2, 0.25) is 5.91 Å². The summed E-state index contributed by atoms with van der Waals surface area (Å²) in [5, 5.41) is 17.8. The molecular formula is C21H27Cl2N3O4S. The Hall–Kier alpha value is -1.19. The van der Waals surface area contributed by atoms with Gasteiger partial charge in [0.15, 0.2) is 6.61 Å². The molecule has 10 heteroatoms. The molecule has 3 atom stereocenters. The molecule has 1 heterocycles. The average molecular weight is 488 g/mol. The third kappa shape index (κ3) is 4.93. The second-order valence-electron chi connectivity index (χ2n) is 8.92. The van der Waals surface area contributed by atoms with Crippen LogP contribution in [0.15, 0.2) is 18.2 Å². The zero-order valence-corrected chi connectivity index (χ0v) is 19.6. The van der Waals surface area contributed by atoms with Gasteiger partial charge in [0.25, 0.3) is 5.91 Å². The molecule has 31 heavy (non-hydrogen) atoms. The van der Waals surface area contributed by atoms with Crippen LogP contribution in [0.5, 0.6) is 5.75 Å². The van der Waals surface area contributed by atoms with Crippen molar-refractivity contribution >= 4 is 47.0 Å². The van der Waals surface area contributed by atoms with Crippen LogP contribution in [0.25, 0.3) is 0 Å². The summed E-state index contributed by atoms with van der Waals surface area (Å²) in [6.45, 7) is 1.88. The third-order valence-corrected chi connectivity index (χ3v) is 8.60. The number of nitrogens with one attached hydrogen (secondary N) is 3. The summed E-state index contributed by atoms with van der Waals surface area (Å²) in [5.41, 5.74) is -1.07. The quantitative estimate of drug-likeness (QED) is 0.460. The van der Waals surface area contributed by atoms with Gasteiger partial charge in [0.1, 0.15) is 5.75 Å². The number of ether oxygens (including phenoxy) is 1. The molecule has 4 fully saturated rings. The average Bonchev–Trinajstić information content (AvgIpc) is 3.17. The summed E-state index contributed by atoms with van der Waals surface area (Å²) in [4.78, 5) is 25.3. The topological polar surface area (TPSA) is 99.7 Å². The molecule has 5 rings (SSSR count). The molecule has 3 aliphatic carbocycles. The monoisotopic (exact) mass is 487 g/mol. The lowest BCUT2D eigenvalue weighted by molar-refractivity contribution is -0.136. The van der Waals surface area contributed by atoms with E-state index in [4.69, 9.17) is 27.9 Å². The highest BCUT2D eigenvalue weighted by molar-refractivity contribution is 7.99. The van der Waals surface area contributed by atoms with Crippen LogP contribution in [0.1, 0.15) is 45.4 Å². The maximum Gasteiger partial charge on any atom is 0.258 e. The van der Waals surface area contributed by atoms with Crippen LogP contribution < -0.4 is 20.1 Å². The van der Waals surface area contributed by atoms with Crippen molar-refractivity contribution in [2.75, 3.05) is 6.61 Å². The van der Waals surface area contributed by atoms with Crippen LogP contribution in [0.4, 0.5) is 0 Å². The number of benzene rings is 1. The number of aliphatic hydroxyl groups is 1. The van der Waals surface area contributed by atoms with E-state index in [-0.39, 0.29) is 23.7 Å². The normalized spacial score (nSPS) is 34.4. The minimum atomic E-state index is -0.725. The van der Waals surface area contributed by atoms with Crippen molar-refractivity contribution in [1.82, 2.24) is 15.4 Å². The van der Waals surface area contributed by atoms with Crippen LogP contribution >= 0.6 is 35.1 Å². The van der Waals surface area contributed by atoms with Crippen LogP contribution in [-0.4, -0.2) is 52.0 Å². The molecule has 170 valence electrons. The molecular weight excluding hydrogens is 461 g/mol. The predicted molar refractivity (Wildman–Crippen MR) is 121 cm³/mol. The van der Waals surface area contributed by atoms with E-state index in [1.54, 1.807) is 18.2 Å². The molecule has 2 bridgehead atoms. The predicted octanol–water partition coefficient (Wildman–Crippen LogP) is 2.82. The number of hydrogen-bond donors (Lipinski definition) is 4. The summed E-state index contributed by atoms with van der Waals surface area (Å²) in [7, 11) is 0. The van der Waals surface area contributed by atoms with Crippen molar-refractivity contribution in [3.63, 3.8) is 0 Å². The van der Waals surface area contributed by atoms with Crippen molar-refractivity contribution in [3.8, 4) is 5.75 Å². The number of fused-ring (bicyclic) bond motifs is 3. The Labute approximate surface area is 196 Å². The Morgan fingerprint density at radius 2 is 1.97 bits per heavy atom. The van der Waals surface area contributed by atoms with Gasteiger partial charge in [-0.15, -0.1) is 0 Å². The van der Waals surface area contributed by atoms with E-state index in [2.05, 4.69) is 22.3 Å². The van der Waals surface area contributed by atoms with Crippen molar-refractivity contribution in [2.24, 2.45) is 0 Å². The minimum absolute atomic E-state index is 0.0301. The number of amides is 2. The molecule has 1 aromatic rings. The maximum atomic E-state index is 12.7. The lowest BCUT2D eigenvalue weighted by atomic mass is 9.60. The molecule has 0 spiro atoms. The molecule has 2 unspecified atom stereocenters. The van der Waals surface area contributed by atoms with Crippen molar-refractivity contribution in [3.05, 3.63) is 28.2 Å². The Balaban J connectivity index is 1.31. The van der Waals surface area contributed by atoms with E-state index in [9.17, 15) is 14.7 Å². The fraction of sp³-hybridized carbons (Fsp3) is 0.619. The zero-order valence-electron chi connectivity index (χ0n) is 17.2. The van der Waals surface area contributed by atoms with Crippen LogP contribution in [0, 0.1) is 0 Å². The van der Waals surface area contributed by atoms with Crippen LogP contribution in [-0.2, 0) is 9.59 Å². The first kappa shape index (κ1) is 23.0. The largest absolute Gasteiger partial charge is 0.484 e. The summed E-state index contributed by atoms with van der Waals surface area (Å²) < 4.78 is 8.75. The molecule has 7 nitrogen and oxygen atoms in total. The summed E-state index contributed by atoms with van der Waals surface area (Å²) in [5.74, 6) is 0.179. The number of aliphatic hydroxyl groups excluding tert-OH is 1. The van der Waals surface area contributed by atoms with Gasteiger partial charge in [-0.1, -0.05) is 35.1 Å². The standard InChI is InChI=1S/C21H27Cl2N3O4S/c1-12-8-16(31-26-12)19(29)25-20-4-6-21(7-5-20,17(27)10-20)24-18(28)11-30-13-2-3-14(22)15(23)9-13/h2-3,9,12,16-17,26-27H,4-8,10-11H2,1H3,(H,24,28)(H,25,29)/t12?,16?,17-,20?,21?/m0/s1. The summed E-state index contributed by atoms with van der Waals surface area (Å²) in [6.07, 6.45) is 3.19. The van der Waals surface area contributed by atoms with E-state index >= 15 is 0 Å². The first-order valence-corrected chi connectivity index (χ1v) is 12.1. The molecule has 0 radical (unpaired) electrons. The van der Waals surface area contributed by atoms with Gasteiger partial charge in [-0.3, -0.25) is 14.3 Å². The molecule has 1 saturated heterocycles. The molecule has 4 N–H and O–H groups in total. The van der Waals surface area contributed by atoms with Gasteiger partial charge in [-0.05, 0) is 57.6 Å². The third-order valence-electron chi connectivity index (χ3n) is 6.63. The number of rotatable bonds is 6. The molecule has 1 aliphatic heterocycles. The molecule has 3 saturated carbocycles. The maximum absolute atomic E-state index is 12.7. The van der Waals surface area contributed by atoms with Gasteiger partial charge in [0, 0.05) is 17.6 Å². The second-order valence-corrected chi connectivity index (χ2v) is 10.8. The SMILES string of the molecule is CC1CC(C(=O)NC23CCC(NC(=O)COc4ccc(Cl)c(Cl)c4)(CC2)[C@@H](O)C3)SN1. The molecule has 2 amide bonds. The highest BCUT2D eigenvalue weighted by atomic mass is 35.5. The Morgan fingerprint density at radius 3 is 2.58 bits per heavy atom. The van der Waals surface area contributed by atoms with E-state index in [0.717, 1.165) is 19.3 Å². The van der Waals surface area contributed by atoms with E-state index in [1.807, 2.05) is 0 Å². The number of halogens is 2. The number of carbonyl (C=O) groups is 2. The van der Waals surface area contributed by atoms with E-state index in [1.165, 1.54) is 11.9 Å². The lowest BCUT2D eigenvalue weighted by Gasteiger charge is -2.56. The first-order valence-electron chi connectivity index (χ1n) is 10.5. The minimum Gasteiger partial charge on any atom is -0.484 e. The van der Waals surface area contributed by atoms with Gasteiger partial charge in [-0.25, -0.2) is 0 Å². The summed E-state index contributed by atoms with van der Waals surface area (Å²) in [6, 6.07) is 5.12. The van der Waals surface area contributed by atoms with Crippen LogP contribution in [0.3, 0.4) is 0 Å². The number of hydrogen-bond acceptors (Lipinski definition) is 6. The van der Waals surface area contributed by atoms with E-state index < -0.39 is 17.2 Å². The zero-order chi connectivity index (χ0) is 22.2. The van der Waals surface area contributed by atoms with Gasteiger partial charge in [-0.2, -0.15) is 0 Å². The highest BCUT2D eigenvalue weighted by Gasteiger charge is 2.55. The van der Waals surface area contributed by atoms with Gasteiger partial charge < -0.3 is 20.5 Å².